The molecule has 1 aliphatic rings. The monoisotopic (exact) mass is 175 g/mol. The Morgan fingerprint density at radius 3 is 2.00 bits per heavy atom. The summed E-state index contributed by atoms with van der Waals surface area (Å²) in [7, 11) is 5.01. The first-order chi connectivity index (χ1) is 5.85. The average Bonchev–Trinajstić information content (AvgIpc) is 2.54. The maximum absolute atomic E-state index is 4.96. The summed E-state index contributed by atoms with van der Waals surface area (Å²) in [6, 6.07) is 0. The number of ether oxygens (including phenoxy) is 2. The van der Waals surface area contributed by atoms with Crippen molar-refractivity contribution in [2.75, 3.05) is 47.6 Å². The second kappa shape index (κ2) is 8.97. The van der Waals surface area contributed by atoms with Gasteiger partial charge >= 0.3 is 0 Å². The highest BCUT2D eigenvalue weighted by molar-refractivity contribution is 4.64. The van der Waals surface area contributed by atoms with Crippen molar-refractivity contribution in [2.45, 2.75) is 12.8 Å². The Bertz CT molecular complexity index is 82.6. The summed E-state index contributed by atoms with van der Waals surface area (Å²) >= 11 is 0. The lowest BCUT2D eigenvalue weighted by atomic mass is 10.4. The van der Waals surface area contributed by atoms with Crippen LogP contribution in [0.2, 0.25) is 0 Å². The van der Waals surface area contributed by atoms with Crippen molar-refractivity contribution in [2.24, 2.45) is 0 Å². The van der Waals surface area contributed by atoms with Gasteiger partial charge in [-0.2, -0.15) is 0 Å². The second-order valence-corrected chi connectivity index (χ2v) is 2.95. The summed E-state index contributed by atoms with van der Waals surface area (Å²) in [5.41, 5.74) is 0. The van der Waals surface area contributed by atoms with Crippen molar-refractivity contribution in [3.63, 3.8) is 0 Å². The van der Waals surface area contributed by atoms with Crippen molar-refractivity contribution >= 4 is 0 Å². The molecule has 0 amide bonds. The van der Waals surface area contributed by atoms with Gasteiger partial charge in [-0.1, -0.05) is 0 Å². The van der Waals surface area contributed by atoms with Gasteiger partial charge in [-0.05, 0) is 25.9 Å². The first-order valence-corrected chi connectivity index (χ1v) is 4.46. The van der Waals surface area contributed by atoms with Crippen LogP contribution in [0.1, 0.15) is 12.8 Å². The van der Waals surface area contributed by atoms with Gasteiger partial charge in [0.2, 0.25) is 0 Å². The Hall–Kier alpha value is -0.120. The van der Waals surface area contributed by atoms with Crippen LogP contribution in [-0.4, -0.2) is 52.5 Å². The van der Waals surface area contributed by atoms with E-state index in [2.05, 4.69) is 9.64 Å². The van der Waals surface area contributed by atoms with Gasteiger partial charge in [-0.15, -0.1) is 0 Å². The Balaban J connectivity index is 0.000000354. The molecule has 0 aromatic rings. The topological polar surface area (TPSA) is 21.7 Å². The highest BCUT2D eigenvalue weighted by Crippen LogP contribution is 2.05. The molecule has 0 aromatic heterocycles. The molecule has 0 saturated carbocycles. The molecule has 1 rings (SSSR count). The summed E-state index contributed by atoms with van der Waals surface area (Å²) in [6.45, 7) is 4.57. The summed E-state index contributed by atoms with van der Waals surface area (Å²) in [5, 5.41) is 0. The highest BCUT2D eigenvalue weighted by Gasteiger charge is 2.09. The van der Waals surface area contributed by atoms with E-state index in [1.165, 1.54) is 25.9 Å². The Kier molecular flexibility index (Phi) is 8.88. The molecule has 1 aliphatic heterocycles. The molecule has 74 valence electrons. The molecule has 0 unspecified atom stereocenters. The average molecular weight is 175 g/mol. The molecule has 0 aliphatic carbocycles. The predicted molar refractivity (Wildman–Crippen MR) is 50.5 cm³/mol. The third-order valence-electron chi connectivity index (χ3n) is 1.81. The van der Waals surface area contributed by atoms with Crippen molar-refractivity contribution < 1.29 is 9.47 Å². The van der Waals surface area contributed by atoms with Gasteiger partial charge in [0.1, 0.15) is 0 Å². The van der Waals surface area contributed by atoms with Crippen molar-refractivity contribution in [3.8, 4) is 0 Å². The number of likely N-dealkylation sites (tertiary alicyclic amines) is 1. The van der Waals surface area contributed by atoms with Crippen LogP contribution in [0.3, 0.4) is 0 Å². The minimum Gasteiger partial charge on any atom is -0.388 e. The Morgan fingerprint density at radius 1 is 1.08 bits per heavy atom. The fourth-order valence-corrected chi connectivity index (χ4v) is 1.23. The van der Waals surface area contributed by atoms with Crippen LogP contribution < -0.4 is 0 Å². The van der Waals surface area contributed by atoms with E-state index in [9.17, 15) is 0 Å². The van der Waals surface area contributed by atoms with Crippen LogP contribution in [0.5, 0.6) is 0 Å². The lowest BCUT2D eigenvalue weighted by Gasteiger charge is -2.12. The Morgan fingerprint density at radius 2 is 1.58 bits per heavy atom. The van der Waals surface area contributed by atoms with Crippen molar-refractivity contribution in [1.82, 2.24) is 4.90 Å². The maximum atomic E-state index is 4.96. The minimum atomic E-state index is 0.889. The lowest BCUT2D eigenvalue weighted by molar-refractivity contribution is 0.161. The SMILES string of the molecule is COC.COCCN1CCCC1. The predicted octanol–water partition coefficient (Wildman–Crippen LogP) is 0.991. The molecule has 12 heavy (non-hydrogen) atoms. The van der Waals surface area contributed by atoms with E-state index in [0.29, 0.717) is 0 Å². The molecule has 0 aromatic carbocycles. The summed E-state index contributed by atoms with van der Waals surface area (Å²) < 4.78 is 9.21. The molecule has 3 heteroatoms. The van der Waals surface area contributed by atoms with Crippen LogP contribution in [0, 0.1) is 0 Å². The van der Waals surface area contributed by atoms with E-state index in [4.69, 9.17) is 4.74 Å². The Labute approximate surface area is 75.6 Å². The van der Waals surface area contributed by atoms with Crippen LogP contribution in [0.4, 0.5) is 0 Å². The van der Waals surface area contributed by atoms with Crippen LogP contribution in [0.25, 0.3) is 0 Å². The van der Waals surface area contributed by atoms with Crippen LogP contribution in [0.15, 0.2) is 0 Å². The normalized spacial score (nSPS) is 17.2. The summed E-state index contributed by atoms with van der Waals surface area (Å²) in [6.07, 6.45) is 2.76. The van der Waals surface area contributed by atoms with Gasteiger partial charge < -0.3 is 14.4 Å². The van der Waals surface area contributed by atoms with E-state index in [1.54, 1.807) is 21.3 Å². The van der Waals surface area contributed by atoms with E-state index in [1.807, 2.05) is 0 Å². The first-order valence-electron chi connectivity index (χ1n) is 4.46. The zero-order valence-electron chi connectivity index (χ0n) is 8.51. The van der Waals surface area contributed by atoms with Crippen molar-refractivity contribution in [3.05, 3.63) is 0 Å². The second-order valence-electron chi connectivity index (χ2n) is 2.95. The molecule has 1 heterocycles. The fourth-order valence-electron chi connectivity index (χ4n) is 1.23. The van der Waals surface area contributed by atoms with Gasteiger partial charge in [-0.25, -0.2) is 0 Å². The molecule has 1 fully saturated rings. The van der Waals surface area contributed by atoms with Crippen molar-refractivity contribution in [1.29, 1.82) is 0 Å². The molecule has 0 bridgehead atoms. The largest absolute Gasteiger partial charge is 0.388 e. The van der Waals surface area contributed by atoms with Gasteiger partial charge in [0.25, 0.3) is 0 Å². The third-order valence-corrected chi connectivity index (χ3v) is 1.81. The number of rotatable bonds is 3. The zero-order valence-corrected chi connectivity index (χ0v) is 8.51. The van der Waals surface area contributed by atoms with Crippen LogP contribution >= 0.6 is 0 Å². The van der Waals surface area contributed by atoms with E-state index in [-0.39, 0.29) is 0 Å². The lowest BCUT2D eigenvalue weighted by Crippen LogP contribution is -2.23. The van der Waals surface area contributed by atoms with Crippen LogP contribution in [-0.2, 0) is 9.47 Å². The van der Waals surface area contributed by atoms with Gasteiger partial charge in [0.05, 0.1) is 6.61 Å². The van der Waals surface area contributed by atoms with E-state index in [0.717, 1.165) is 13.2 Å². The minimum absolute atomic E-state index is 0.889. The molecule has 0 radical (unpaired) electrons. The third kappa shape index (κ3) is 6.58. The summed E-state index contributed by atoms with van der Waals surface area (Å²) in [5.74, 6) is 0. The highest BCUT2D eigenvalue weighted by atomic mass is 16.5. The smallest absolute Gasteiger partial charge is 0.0589 e. The van der Waals surface area contributed by atoms with Gasteiger partial charge in [0.15, 0.2) is 0 Å². The van der Waals surface area contributed by atoms with Gasteiger partial charge in [0, 0.05) is 27.9 Å². The van der Waals surface area contributed by atoms with E-state index >= 15 is 0 Å². The first kappa shape index (κ1) is 11.9. The molecular formula is C9H21NO2. The fraction of sp³-hybridized carbons (Fsp3) is 1.00. The number of hydrogen-bond donors (Lipinski definition) is 0. The molecule has 0 spiro atoms. The molecule has 0 atom stereocenters. The maximum Gasteiger partial charge on any atom is 0.0589 e. The molecule has 0 N–H and O–H groups in total. The number of methoxy groups -OCH3 is 2. The standard InChI is InChI=1S/C7H15NO.C2H6O/c1-9-7-6-8-4-2-3-5-8;1-3-2/h2-7H2,1H3;1-2H3. The van der Waals surface area contributed by atoms with E-state index < -0.39 is 0 Å². The molecule has 3 nitrogen and oxygen atoms in total. The number of hydrogen-bond acceptors (Lipinski definition) is 3. The molecule has 1 saturated heterocycles. The zero-order chi connectivity index (χ0) is 9.23. The summed E-state index contributed by atoms with van der Waals surface area (Å²) in [4.78, 5) is 2.45. The number of nitrogens with zero attached hydrogens (tertiary/aromatic N) is 1. The molecular weight excluding hydrogens is 154 g/mol. The van der Waals surface area contributed by atoms with Gasteiger partial charge in [-0.3, -0.25) is 0 Å². The quantitative estimate of drug-likeness (QED) is 0.638.